The van der Waals surface area contributed by atoms with Gasteiger partial charge in [0, 0.05) is 43.3 Å². The lowest BCUT2D eigenvalue weighted by Crippen LogP contribution is -2.54. The Morgan fingerprint density at radius 2 is 2.47 bits per heavy atom. The van der Waals surface area contributed by atoms with Crippen LogP contribution in [0.25, 0.3) is 0 Å². The van der Waals surface area contributed by atoms with Gasteiger partial charge in [-0.05, 0) is 19.8 Å². The second kappa shape index (κ2) is 5.53. The second-order valence-electron chi connectivity index (χ2n) is 4.52. The zero-order valence-corrected chi connectivity index (χ0v) is 10.3. The number of thioether (sulfide) groups is 1. The van der Waals surface area contributed by atoms with E-state index in [1.807, 2.05) is 0 Å². The lowest BCUT2D eigenvalue weighted by molar-refractivity contribution is 0.0167. The van der Waals surface area contributed by atoms with Gasteiger partial charge in [0.2, 0.25) is 0 Å². The SMILES string of the molecule is CC1CSCCN1C(CN)C1CCCO1. The Morgan fingerprint density at radius 1 is 1.60 bits per heavy atom. The molecule has 0 spiro atoms. The van der Waals surface area contributed by atoms with Crippen molar-refractivity contribution in [2.24, 2.45) is 5.73 Å². The zero-order valence-electron chi connectivity index (χ0n) is 9.52. The van der Waals surface area contributed by atoms with Crippen LogP contribution in [0.5, 0.6) is 0 Å². The van der Waals surface area contributed by atoms with Crippen LogP contribution in [0.1, 0.15) is 19.8 Å². The lowest BCUT2D eigenvalue weighted by Gasteiger charge is -2.41. The molecule has 2 N–H and O–H groups in total. The molecular weight excluding hydrogens is 208 g/mol. The molecule has 0 bridgehead atoms. The van der Waals surface area contributed by atoms with Crippen LogP contribution in [0.2, 0.25) is 0 Å². The number of rotatable bonds is 3. The van der Waals surface area contributed by atoms with E-state index >= 15 is 0 Å². The molecule has 2 fully saturated rings. The van der Waals surface area contributed by atoms with Gasteiger partial charge in [-0.2, -0.15) is 11.8 Å². The van der Waals surface area contributed by atoms with E-state index in [9.17, 15) is 0 Å². The molecule has 0 aromatic carbocycles. The first-order valence-corrected chi connectivity index (χ1v) is 7.13. The van der Waals surface area contributed by atoms with Crippen molar-refractivity contribution in [3.05, 3.63) is 0 Å². The molecule has 0 amide bonds. The molecule has 15 heavy (non-hydrogen) atoms. The predicted molar refractivity (Wildman–Crippen MR) is 65.3 cm³/mol. The first-order chi connectivity index (χ1) is 7.33. The van der Waals surface area contributed by atoms with Crippen molar-refractivity contribution in [3.63, 3.8) is 0 Å². The van der Waals surface area contributed by atoms with Gasteiger partial charge in [-0.15, -0.1) is 0 Å². The highest BCUT2D eigenvalue weighted by Crippen LogP contribution is 2.24. The van der Waals surface area contributed by atoms with Gasteiger partial charge in [-0.3, -0.25) is 4.90 Å². The number of hydrogen-bond donors (Lipinski definition) is 1. The third-order valence-electron chi connectivity index (χ3n) is 3.48. The standard InChI is InChI=1S/C11H22N2OS/c1-9-8-15-6-4-13(9)10(7-12)11-3-2-5-14-11/h9-11H,2-8,12H2,1H3. The molecule has 88 valence electrons. The summed E-state index contributed by atoms with van der Waals surface area (Å²) < 4.78 is 5.78. The normalized spacial score (nSPS) is 35.6. The first kappa shape index (κ1) is 11.7. The number of nitrogens with zero attached hydrogens (tertiary/aromatic N) is 1. The van der Waals surface area contributed by atoms with Gasteiger partial charge in [-0.25, -0.2) is 0 Å². The van der Waals surface area contributed by atoms with Crippen molar-refractivity contribution >= 4 is 11.8 Å². The average molecular weight is 230 g/mol. The van der Waals surface area contributed by atoms with Crippen LogP contribution >= 0.6 is 11.8 Å². The summed E-state index contributed by atoms with van der Waals surface area (Å²) in [5.41, 5.74) is 5.92. The molecule has 2 rings (SSSR count). The van der Waals surface area contributed by atoms with Gasteiger partial charge in [0.15, 0.2) is 0 Å². The van der Waals surface area contributed by atoms with E-state index in [4.69, 9.17) is 10.5 Å². The van der Waals surface area contributed by atoms with Gasteiger partial charge in [0.1, 0.15) is 0 Å². The second-order valence-corrected chi connectivity index (χ2v) is 5.67. The Bertz CT molecular complexity index is 197. The van der Waals surface area contributed by atoms with Crippen LogP contribution in [0.4, 0.5) is 0 Å². The van der Waals surface area contributed by atoms with Crippen LogP contribution < -0.4 is 5.73 Å². The molecule has 3 atom stereocenters. The molecule has 0 aromatic rings. The molecule has 3 nitrogen and oxygen atoms in total. The summed E-state index contributed by atoms with van der Waals surface area (Å²) in [7, 11) is 0. The fraction of sp³-hybridized carbons (Fsp3) is 1.00. The fourth-order valence-electron chi connectivity index (χ4n) is 2.64. The van der Waals surface area contributed by atoms with E-state index in [1.165, 1.54) is 30.9 Å². The summed E-state index contributed by atoms with van der Waals surface area (Å²) in [5, 5.41) is 0. The van der Waals surface area contributed by atoms with Crippen LogP contribution in [0, 0.1) is 0 Å². The summed E-state index contributed by atoms with van der Waals surface area (Å²) >= 11 is 2.05. The Morgan fingerprint density at radius 3 is 3.07 bits per heavy atom. The van der Waals surface area contributed by atoms with Crippen molar-refractivity contribution in [1.82, 2.24) is 4.90 Å². The van der Waals surface area contributed by atoms with Crippen molar-refractivity contribution in [2.75, 3.05) is 31.2 Å². The Kier molecular flexibility index (Phi) is 4.31. The van der Waals surface area contributed by atoms with E-state index in [-0.39, 0.29) is 0 Å². The minimum absolute atomic E-state index is 0.389. The van der Waals surface area contributed by atoms with Crippen molar-refractivity contribution in [2.45, 2.75) is 38.0 Å². The van der Waals surface area contributed by atoms with E-state index in [0.29, 0.717) is 18.2 Å². The maximum absolute atomic E-state index is 5.92. The predicted octanol–water partition coefficient (Wildman–Crippen LogP) is 0.930. The van der Waals surface area contributed by atoms with Crippen LogP contribution in [0.15, 0.2) is 0 Å². The smallest absolute Gasteiger partial charge is 0.0743 e. The quantitative estimate of drug-likeness (QED) is 0.783. The highest BCUT2D eigenvalue weighted by molar-refractivity contribution is 7.99. The third kappa shape index (κ3) is 2.67. The number of ether oxygens (including phenoxy) is 1. The Balaban J connectivity index is 1.97. The first-order valence-electron chi connectivity index (χ1n) is 5.98. The molecule has 4 heteroatoms. The van der Waals surface area contributed by atoms with Crippen molar-refractivity contribution in [1.29, 1.82) is 0 Å². The summed E-state index contributed by atoms with van der Waals surface area (Å²) in [6.07, 6.45) is 2.79. The highest BCUT2D eigenvalue weighted by atomic mass is 32.2. The largest absolute Gasteiger partial charge is 0.377 e. The molecule has 2 aliphatic rings. The van der Waals surface area contributed by atoms with E-state index in [2.05, 4.69) is 23.6 Å². The minimum atomic E-state index is 0.389. The molecule has 0 aliphatic carbocycles. The van der Waals surface area contributed by atoms with Gasteiger partial charge >= 0.3 is 0 Å². The number of nitrogens with two attached hydrogens (primary N) is 1. The fourth-order valence-corrected chi connectivity index (χ4v) is 3.68. The minimum Gasteiger partial charge on any atom is -0.377 e. The maximum atomic E-state index is 5.92. The molecule has 0 saturated carbocycles. The average Bonchev–Trinajstić information content (AvgIpc) is 2.75. The third-order valence-corrected chi connectivity index (χ3v) is 4.67. The van der Waals surface area contributed by atoms with Gasteiger partial charge in [0.05, 0.1) is 6.10 Å². The summed E-state index contributed by atoms with van der Waals surface area (Å²) in [5.74, 6) is 2.48. The molecule has 0 aromatic heterocycles. The van der Waals surface area contributed by atoms with Gasteiger partial charge < -0.3 is 10.5 Å². The number of hydrogen-bond acceptors (Lipinski definition) is 4. The Hall–Kier alpha value is 0.230. The molecule has 0 radical (unpaired) electrons. The van der Waals surface area contributed by atoms with Gasteiger partial charge in [0.25, 0.3) is 0 Å². The molecular formula is C11H22N2OS. The monoisotopic (exact) mass is 230 g/mol. The van der Waals surface area contributed by atoms with Gasteiger partial charge in [-0.1, -0.05) is 0 Å². The summed E-state index contributed by atoms with van der Waals surface area (Å²) in [6, 6.07) is 1.10. The zero-order chi connectivity index (χ0) is 10.7. The van der Waals surface area contributed by atoms with Crippen LogP contribution in [-0.4, -0.2) is 54.3 Å². The van der Waals surface area contributed by atoms with E-state index in [0.717, 1.165) is 13.2 Å². The van der Waals surface area contributed by atoms with Crippen LogP contribution in [0.3, 0.4) is 0 Å². The molecule has 2 saturated heterocycles. The summed E-state index contributed by atoms with van der Waals surface area (Å²) in [4.78, 5) is 2.56. The Labute approximate surface area is 96.7 Å². The molecule has 3 unspecified atom stereocenters. The molecule has 2 heterocycles. The molecule has 2 aliphatic heterocycles. The van der Waals surface area contributed by atoms with Crippen LogP contribution in [-0.2, 0) is 4.74 Å². The highest BCUT2D eigenvalue weighted by Gasteiger charge is 2.33. The maximum Gasteiger partial charge on any atom is 0.0743 e. The topological polar surface area (TPSA) is 38.5 Å². The summed E-state index contributed by atoms with van der Waals surface area (Å²) in [6.45, 7) is 5.15. The lowest BCUT2D eigenvalue weighted by atomic mass is 10.0. The van der Waals surface area contributed by atoms with E-state index in [1.54, 1.807) is 0 Å². The van der Waals surface area contributed by atoms with Crippen molar-refractivity contribution in [3.8, 4) is 0 Å². The van der Waals surface area contributed by atoms with Crippen molar-refractivity contribution < 1.29 is 4.74 Å². The van der Waals surface area contributed by atoms with E-state index < -0.39 is 0 Å².